The number of carbonyl (C=O) groups excluding carboxylic acids is 2. The zero-order valence-corrected chi connectivity index (χ0v) is 45.1. The summed E-state index contributed by atoms with van der Waals surface area (Å²) in [6.45, 7) is 4.54. The monoisotopic (exact) mass is 987 g/mol. The molecule has 2 N–H and O–H groups in total. The van der Waals surface area contributed by atoms with Gasteiger partial charge in [0.1, 0.15) is 24.7 Å². The first kappa shape index (κ1) is 63.0. The number of nitrogens with zero attached hydrogens (tertiary/aromatic N) is 2. The Labute approximate surface area is 431 Å². The van der Waals surface area contributed by atoms with Crippen LogP contribution in [0.1, 0.15) is 217 Å². The number of unbranched alkanes of at least 4 members (excludes halogenated alkanes) is 13. The van der Waals surface area contributed by atoms with E-state index in [1.807, 2.05) is 24.3 Å². The number of piperidine rings is 2. The molecule has 0 saturated carbocycles. The van der Waals surface area contributed by atoms with Crippen LogP contribution in [0.3, 0.4) is 0 Å². The first-order chi connectivity index (χ1) is 34.6. The summed E-state index contributed by atoms with van der Waals surface area (Å²) in [7, 11) is 6.09. The molecule has 4 aliphatic heterocycles. The van der Waals surface area contributed by atoms with Crippen LogP contribution in [-0.4, -0.2) is 103 Å². The fraction of sp³-hybridized carbons (Fsp3) is 0.672. The normalized spacial score (nSPS) is 20.0. The number of ether oxygens (including phenoxy) is 2. The zero-order chi connectivity index (χ0) is 51.7. The van der Waals surface area contributed by atoms with E-state index in [0.29, 0.717) is 18.4 Å². The molecule has 71 heavy (non-hydrogen) atoms. The number of aliphatic carboxylic acids is 2. The number of hydrogen-bond acceptors (Lipinski definition) is 8. The van der Waals surface area contributed by atoms with Gasteiger partial charge in [-0.05, 0) is 128 Å². The lowest BCUT2D eigenvalue weighted by Crippen LogP contribution is -2.35. The number of esters is 1. The number of carboxylic acid groups (broad SMARTS) is 2. The summed E-state index contributed by atoms with van der Waals surface area (Å²) in [4.78, 5) is 49.2. The maximum Gasteiger partial charge on any atom is 0.314 e. The Morgan fingerprint density at radius 1 is 0.535 bits per heavy atom. The molecular weight excluding hydrogens is 889 g/mol. The Balaban J connectivity index is 0.000000328. The number of carbonyl (C=O) groups is 4. The van der Waals surface area contributed by atoms with E-state index in [1.165, 1.54) is 136 Å². The quantitative estimate of drug-likeness (QED) is 0.0367. The molecule has 0 spiro atoms. The third-order valence-electron chi connectivity index (χ3n) is 14.6. The molecule has 10 heteroatoms. The van der Waals surface area contributed by atoms with Crippen LogP contribution in [0.2, 0.25) is 0 Å². The van der Waals surface area contributed by atoms with Gasteiger partial charge in [0.05, 0.1) is 6.61 Å². The minimum absolute atomic E-state index is 0.109. The molecule has 4 fully saturated rings. The van der Waals surface area contributed by atoms with Crippen molar-refractivity contribution in [3.63, 3.8) is 0 Å². The second-order valence-corrected chi connectivity index (χ2v) is 20.0. The lowest BCUT2D eigenvalue weighted by atomic mass is 10.0. The van der Waals surface area contributed by atoms with Crippen LogP contribution in [0.15, 0.2) is 85.0 Å². The van der Waals surface area contributed by atoms with Crippen molar-refractivity contribution in [3.05, 3.63) is 96.1 Å². The number of rotatable bonds is 28. The number of methoxy groups -OCH3 is 1. The molecule has 6 atom stereocenters. The minimum atomic E-state index is -0.974. The number of fused-ring (bicyclic) bond motifs is 4. The number of allylic oxidation sites excluding steroid dienone is 4. The van der Waals surface area contributed by atoms with Crippen molar-refractivity contribution in [1.29, 1.82) is 0 Å². The second-order valence-electron chi connectivity index (χ2n) is 20.0. The molecule has 6 rings (SSSR count). The summed E-state index contributed by atoms with van der Waals surface area (Å²) in [6, 6.07) is 21.8. The molecular formula is C61H98N2O8. The molecule has 0 aromatic heterocycles. The summed E-state index contributed by atoms with van der Waals surface area (Å²) >= 11 is 0. The molecule has 2 aromatic rings. The SMILES string of the molecule is CCCC/C=C\CCCCCCCC(=O)OCC(C(=O)O)c1ccccc1.CCCCCC/C=C\CCCC=O.CN1C2CCCC1CC2.CN1C2CCCC1CC2.COCC(C(=O)O)c1ccccc1. The summed E-state index contributed by atoms with van der Waals surface area (Å²) in [5.74, 6) is -3.51. The van der Waals surface area contributed by atoms with Gasteiger partial charge < -0.3 is 34.3 Å². The van der Waals surface area contributed by atoms with Crippen LogP contribution in [0.4, 0.5) is 0 Å². The molecule has 4 bridgehead atoms. The molecule has 4 saturated heterocycles. The molecule has 0 amide bonds. The van der Waals surface area contributed by atoms with E-state index in [9.17, 15) is 24.3 Å². The Hall–Kier alpha value is -4.12. The maximum absolute atomic E-state index is 11.8. The van der Waals surface area contributed by atoms with Crippen molar-refractivity contribution in [2.24, 2.45) is 0 Å². The summed E-state index contributed by atoms with van der Waals surface area (Å²) in [5, 5.41) is 18.2. The molecule has 2 aromatic carbocycles. The van der Waals surface area contributed by atoms with Crippen molar-refractivity contribution < 1.29 is 38.9 Å². The van der Waals surface area contributed by atoms with Crippen LogP contribution in [0.25, 0.3) is 0 Å². The molecule has 10 nitrogen and oxygen atoms in total. The van der Waals surface area contributed by atoms with E-state index in [-0.39, 0.29) is 19.2 Å². The Morgan fingerprint density at radius 2 is 0.930 bits per heavy atom. The fourth-order valence-electron chi connectivity index (χ4n) is 10.0. The van der Waals surface area contributed by atoms with E-state index in [4.69, 9.17) is 14.6 Å². The number of carboxylic acids is 2. The smallest absolute Gasteiger partial charge is 0.314 e. The van der Waals surface area contributed by atoms with E-state index in [2.05, 4.69) is 62.0 Å². The lowest BCUT2D eigenvalue weighted by Gasteiger charge is -2.30. The van der Waals surface area contributed by atoms with Crippen molar-refractivity contribution in [2.75, 3.05) is 34.4 Å². The van der Waals surface area contributed by atoms with Gasteiger partial charge in [-0.2, -0.15) is 0 Å². The van der Waals surface area contributed by atoms with Crippen LogP contribution >= 0.6 is 0 Å². The van der Waals surface area contributed by atoms with Gasteiger partial charge in [-0.25, -0.2) is 0 Å². The van der Waals surface area contributed by atoms with Crippen molar-refractivity contribution >= 4 is 24.2 Å². The third-order valence-corrected chi connectivity index (χ3v) is 14.6. The van der Waals surface area contributed by atoms with Crippen molar-refractivity contribution in [1.82, 2.24) is 9.80 Å². The van der Waals surface area contributed by atoms with Crippen LogP contribution in [0.5, 0.6) is 0 Å². The van der Waals surface area contributed by atoms with Gasteiger partial charge in [0.2, 0.25) is 0 Å². The molecule has 400 valence electrons. The third kappa shape index (κ3) is 28.6. The van der Waals surface area contributed by atoms with E-state index >= 15 is 0 Å². The van der Waals surface area contributed by atoms with Crippen LogP contribution in [-0.2, 0) is 28.7 Å². The van der Waals surface area contributed by atoms with E-state index < -0.39 is 23.8 Å². The number of benzene rings is 2. The predicted molar refractivity (Wildman–Crippen MR) is 292 cm³/mol. The summed E-state index contributed by atoms with van der Waals surface area (Å²) < 4.78 is 10.0. The van der Waals surface area contributed by atoms with E-state index in [0.717, 1.165) is 74.5 Å². The minimum Gasteiger partial charge on any atom is -0.481 e. The van der Waals surface area contributed by atoms with Gasteiger partial charge in [-0.1, -0.05) is 163 Å². The lowest BCUT2D eigenvalue weighted by molar-refractivity contribution is -0.148. The largest absolute Gasteiger partial charge is 0.481 e. The van der Waals surface area contributed by atoms with Crippen molar-refractivity contribution in [2.45, 2.75) is 230 Å². The highest BCUT2D eigenvalue weighted by Crippen LogP contribution is 2.34. The Morgan fingerprint density at radius 3 is 1.34 bits per heavy atom. The molecule has 0 aliphatic carbocycles. The fourth-order valence-corrected chi connectivity index (χ4v) is 10.0. The number of hydrogen-bond donors (Lipinski definition) is 2. The van der Waals surface area contributed by atoms with Gasteiger partial charge in [-0.3, -0.25) is 14.4 Å². The van der Waals surface area contributed by atoms with Crippen LogP contribution < -0.4 is 0 Å². The van der Waals surface area contributed by atoms with Gasteiger partial charge in [0, 0.05) is 44.1 Å². The second kappa shape index (κ2) is 41.4. The first-order valence-corrected chi connectivity index (χ1v) is 27.9. The number of aldehydes is 1. The highest BCUT2D eigenvalue weighted by molar-refractivity contribution is 5.77. The average Bonchev–Trinajstić information content (AvgIpc) is 3.65. The molecule has 6 unspecified atom stereocenters. The van der Waals surface area contributed by atoms with Gasteiger partial charge >= 0.3 is 17.9 Å². The Bertz CT molecular complexity index is 1640. The molecule has 0 radical (unpaired) electrons. The van der Waals surface area contributed by atoms with Gasteiger partial charge in [-0.15, -0.1) is 0 Å². The predicted octanol–water partition coefficient (Wildman–Crippen LogP) is 14.5. The highest BCUT2D eigenvalue weighted by atomic mass is 16.5. The summed E-state index contributed by atoms with van der Waals surface area (Å²) in [5.41, 5.74) is 1.43. The van der Waals surface area contributed by atoms with E-state index in [1.54, 1.807) is 36.4 Å². The van der Waals surface area contributed by atoms with Gasteiger partial charge in [0.25, 0.3) is 0 Å². The molecule has 4 heterocycles. The first-order valence-electron chi connectivity index (χ1n) is 27.9. The van der Waals surface area contributed by atoms with Crippen molar-refractivity contribution in [3.8, 4) is 0 Å². The highest BCUT2D eigenvalue weighted by Gasteiger charge is 2.34. The summed E-state index contributed by atoms with van der Waals surface area (Å²) in [6.07, 6.45) is 44.6. The maximum atomic E-state index is 11.8. The van der Waals surface area contributed by atoms with Crippen LogP contribution in [0, 0.1) is 0 Å². The molecule has 4 aliphatic rings. The Kier molecular flexibility index (Phi) is 36.7. The average molecular weight is 987 g/mol. The van der Waals surface area contributed by atoms with Gasteiger partial charge in [0.15, 0.2) is 0 Å². The topological polar surface area (TPSA) is 134 Å². The standard InChI is InChI=1S/C23H34O4.C12H22O.C10H12O3.2C8H15N/c1-2-3-4-5-6-7-8-9-10-11-15-18-22(24)27-19-21(23(25)26)20-16-13-12-14-17-20;1-2-3-4-5-6-7-8-9-10-11-12-13;1-13-7-9(10(11)12)8-5-3-2-4-6-8;2*1-9-7-3-2-4-8(9)6-5-7/h5-6,12-14,16-17,21H,2-4,7-11,15,18-19H2,1H3,(H,25,26);7-8,12H,2-6,9-11H2,1H3;2-6,9H,7H2,1H3,(H,11,12);2*7-8H,2-6H2,1H3/b6-5-;8-7-;;;. The zero-order valence-electron chi connectivity index (χ0n) is 45.1.